The minimum Gasteiger partial charge on any atom is -0.467 e. The molecule has 1 aromatic rings. The minimum absolute atomic E-state index is 0.162. The van der Waals surface area contributed by atoms with Crippen molar-refractivity contribution in [2.45, 2.75) is 57.5 Å². The molecule has 28 heavy (non-hydrogen) atoms. The van der Waals surface area contributed by atoms with Gasteiger partial charge in [-0.3, -0.25) is 4.90 Å². The molecule has 0 aliphatic carbocycles. The zero-order chi connectivity index (χ0) is 21.1. The average molecular weight is 402 g/mol. The molecule has 0 aromatic heterocycles. The van der Waals surface area contributed by atoms with Gasteiger partial charge in [-0.2, -0.15) is 13.2 Å². The number of amides is 1. The molecule has 156 valence electrons. The SMILES string of the molecule is COC(=O)[C@@H]1CCC(Nc2ccc(C(F)(F)F)cc2)CN1C(=O)OC(C)(C)C. The van der Waals surface area contributed by atoms with Crippen molar-refractivity contribution in [2.75, 3.05) is 19.0 Å². The topological polar surface area (TPSA) is 67.9 Å². The van der Waals surface area contributed by atoms with Crippen molar-refractivity contribution in [2.24, 2.45) is 0 Å². The zero-order valence-corrected chi connectivity index (χ0v) is 16.3. The number of rotatable bonds is 3. The number of ether oxygens (including phenoxy) is 2. The number of nitrogens with one attached hydrogen (secondary N) is 1. The molecule has 1 amide bonds. The summed E-state index contributed by atoms with van der Waals surface area (Å²) in [5.74, 6) is -0.529. The van der Waals surface area contributed by atoms with Gasteiger partial charge >= 0.3 is 18.2 Å². The predicted molar refractivity (Wildman–Crippen MR) is 96.8 cm³/mol. The van der Waals surface area contributed by atoms with Crippen molar-refractivity contribution >= 4 is 17.7 Å². The summed E-state index contributed by atoms with van der Waals surface area (Å²) in [6.45, 7) is 5.33. The number of esters is 1. The van der Waals surface area contributed by atoms with Crippen LogP contribution < -0.4 is 5.32 Å². The van der Waals surface area contributed by atoms with Crippen molar-refractivity contribution in [3.05, 3.63) is 29.8 Å². The molecule has 1 aliphatic heterocycles. The summed E-state index contributed by atoms with van der Waals surface area (Å²) in [7, 11) is 1.25. The van der Waals surface area contributed by atoms with Gasteiger partial charge < -0.3 is 14.8 Å². The van der Waals surface area contributed by atoms with Crippen molar-refractivity contribution in [3.63, 3.8) is 0 Å². The number of likely N-dealkylation sites (tertiary alicyclic amines) is 1. The maximum Gasteiger partial charge on any atom is 0.416 e. The van der Waals surface area contributed by atoms with Crippen molar-refractivity contribution < 1.29 is 32.2 Å². The van der Waals surface area contributed by atoms with E-state index in [1.54, 1.807) is 20.8 Å². The van der Waals surface area contributed by atoms with Gasteiger partial charge in [-0.25, -0.2) is 9.59 Å². The van der Waals surface area contributed by atoms with Gasteiger partial charge in [0.1, 0.15) is 11.6 Å². The second kappa shape index (κ2) is 8.28. The number of carbonyl (C=O) groups excluding carboxylic acids is 2. The Labute approximate surface area is 162 Å². The molecule has 1 N–H and O–H groups in total. The molecule has 1 fully saturated rings. The standard InChI is InChI=1S/C19H25F3N2O4/c1-18(2,3)28-17(26)24-11-14(9-10-15(24)16(25)27-4)23-13-7-5-12(6-8-13)19(20,21)22/h5-8,14-15,23H,9-11H2,1-4H3/t14?,15-/m0/s1. The van der Waals surface area contributed by atoms with E-state index in [1.165, 1.54) is 24.1 Å². The van der Waals surface area contributed by atoms with Crippen molar-refractivity contribution in [1.82, 2.24) is 4.90 Å². The Hall–Kier alpha value is -2.45. The second-order valence-electron chi connectivity index (χ2n) is 7.67. The first-order valence-electron chi connectivity index (χ1n) is 8.92. The molecule has 1 heterocycles. The molecular formula is C19H25F3N2O4. The molecule has 1 aromatic carbocycles. The van der Waals surface area contributed by atoms with E-state index in [-0.39, 0.29) is 12.6 Å². The van der Waals surface area contributed by atoms with Gasteiger partial charge in [0.25, 0.3) is 0 Å². The maximum atomic E-state index is 12.7. The summed E-state index contributed by atoms with van der Waals surface area (Å²) in [6.07, 6.45) is -4.14. The number of methoxy groups -OCH3 is 1. The fraction of sp³-hybridized carbons (Fsp3) is 0.579. The number of carbonyl (C=O) groups is 2. The minimum atomic E-state index is -4.40. The third-order valence-corrected chi connectivity index (χ3v) is 4.27. The van der Waals surface area contributed by atoms with Gasteiger partial charge in [0, 0.05) is 18.3 Å². The number of hydrogen-bond donors (Lipinski definition) is 1. The molecule has 1 unspecified atom stereocenters. The number of hydrogen-bond acceptors (Lipinski definition) is 5. The van der Waals surface area contributed by atoms with Crippen LogP contribution in [-0.4, -0.2) is 48.3 Å². The Morgan fingerprint density at radius 2 is 1.71 bits per heavy atom. The largest absolute Gasteiger partial charge is 0.467 e. The number of halogens is 3. The first kappa shape index (κ1) is 21.8. The van der Waals surface area contributed by atoms with Crippen LogP contribution in [0.15, 0.2) is 24.3 Å². The molecular weight excluding hydrogens is 377 g/mol. The van der Waals surface area contributed by atoms with Crippen LogP contribution in [-0.2, 0) is 20.4 Å². The third-order valence-electron chi connectivity index (χ3n) is 4.27. The normalized spacial score (nSPS) is 20.5. The van der Waals surface area contributed by atoms with Crippen LogP contribution in [0.25, 0.3) is 0 Å². The Kier molecular flexibility index (Phi) is 6.46. The van der Waals surface area contributed by atoms with Crippen LogP contribution in [0.3, 0.4) is 0 Å². The van der Waals surface area contributed by atoms with E-state index in [0.717, 1.165) is 12.1 Å². The lowest BCUT2D eigenvalue weighted by molar-refractivity contribution is -0.148. The average Bonchev–Trinajstić information content (AvgIpc) is 2.59. The quantitative estimate of drug-likeness (QED) is 0.773. The van der Waals surface area contributed by atoms with Crippen LogP contribution in [0.1, 0.15) is 39.2 Å². The Morgan fingerprint density at radius 1 is 1.11 bits per heavy atom. The molecule has 0 spiro atoms. The summed E-state index contributed by atoms with van der Waals surface area (Å²) in [5, 5.41) is 3.12. The van der Waals surface area contributed by atoms with Crippen LogP contribution in [0, 0.1) is 0 Å². The fourth-order valence-corrected chi connectivity index (χ4v) is 2.98. The van der Waals surface area contributed by atoms with E-state index >= 15 is 0 Å². The van der Waals surface area contributed by atoms with Crippen molar-refractivity contribution in [3.8, 4) is 0 Å². The first-order valence-corrected chi connectivity index (χ1v) is 8.92. The van der Waals surface area contributed by atoms with Crippen LogP contribution in [0.2, 0.25) is 0 Å². The lowest BCUT2D eigenvalue weighted by Gasteiger charge is -2.39. The molecule has 0 radical (unpaired) electrons. The highest BCUT2D eigenvalue weighted by atomic mass is 19.4. The molecule has 0 bridgehead atoms. The third kappa shape index (κ3) is 5.77. The summed E-state index contributed by atoms with van der Waals surface area (Å²) >= 11 is 0. The summed E-state index contributed by atoms with van der Waals surface area (Å²) < 4.78 is 48.2. The molecule has 6 nitrogen and oxygen atoms in total. The van der Waals surface area contributed by atoms with Gasteiger partial charge in [-0.1, -0.05) is 0 Å². The fourth-order valence-electron chi connectivity index (χ4n) is 2.98. The summed E-state index contributed by atoms with van der Waals surface area (Å²) in [6, 6.07) is 3.66. The molecule has 9 heteroatoms. The summed E-state index contributed by atoms with van der Waals surface area (Å²) in [4.78, 5) is 25.9. The Bertz CT molecular complexity index is 699. The van der Waals surface area contributed by atoms with E-state index in [2.05, 4.69) is 5.32 Å². The van der Waals surface area contributed by atoms with E-state index in [4.69, 9.17) is 9.47 Å². The second-order valence-corrected chi connectivity index (χ2v) is 7.67. The van der Waals surface area contributed by atoms with Gasteiger partial charge in [0.15, 0.2) is 0 Å². The zero-order valence-electron chi connectivity index (χ0n) is 16.3. The van der Waals surface area contributed by atoms with E-state index < -0.39 is 35.4 Å². The van der Waals surface area contributed by atoms with Gasteiger partial charge in [-0.15, -0.1) is 0 Å². The van der Waals surface area contributed by atoms with Crippen molar-refractivity contribution in [1.29, 1.82) is 0 Å². The van der Waals surface area contributed by atoms with Crippen LogP contribution in [0.4, 0.5) is 23.7 Å². The van der Waals surface area contributed by atoms with Gasteiger partial charge in [0.2, 0.25) is 0 Å². The number of piperidine rings is 1. The Balaban J connectivity index is 2.11. The summed E-state index contributed by atoms with van der Waals surface area (Å²) in [5.41, 5.74) is -0.965. The molecule has 1 saturated heterocycles. The molecule has 2 atom stereocenters. The number of nitrogens with zero attached hydrogens (tertiary/aromatic N) is 1. The first-order chi connectivity index (χ1) is 12.9. The van der Waals surface area contributed by atoms with E-state index in [1.807, 2.05) is 0 Å². The number of alkyl halides is 3. The number of anilines is 1. The molecule has 0 saturated carbocycles. The van der Waals surface area contributed by atoms with E-state index in [9.17, 15) is 22.8 Å². The Morgan fingerprint density at radius 3 is 2.21 bits per heavy atom. The van der Waals surface area contributed by atoms with Gasteiger partial charge in [0.05, 0.1) is 12.7 Å². The number of benzene rings is 1. The lowest BCUT2D eigenvalue weighted by atomic mass is 9.98. The lowest BCUT2D eigenvalue weighted by Crippen LogP contribution is -2.55. The highest BCUT2D eigenvalue weighted by Gasteiger charge is 2.39. The highest BCUT2D eigenvalue weighted by molar-refractivity contribution is 5.82. The van der Waals surface area contributed by atoms with E-state index in [0.29, 0.717) is 18.5 Å². The molecule has 1 aliphatic rings. The maximum absolute atomic E-state index is 12.7. The van der Waals surface area contributed by atoms with Crippen LogP contribution in [0.5, 0.6) is 0 Å². The highest BCUT2D eigenvalue weighted by Crippen LogP contribution is 2.30. The predicted octanol–water partition coefficient (Wildman–Crippen LogP) is 4.06. The smallest absolute Gasteiger partial charge is 0.416 e. The molecule has 2 rings (SSSR count). The van der Waals surface area contributed by atoms with Gasteiger partial charge in [-0.05, 0) is 57.9 Å². The monoisotopic (exact) mass is 402 g/mol. The van der Waals surface area contributed by atoms with Crippen LogP contribution >= 0.6 is 0 Å².